The van der Waals surface area contributed by atoms with Gasteiger partial charge in [0.2, 0.25) is 0 Å². The summed E-state index contributed by atoms with van der Waals surface area (Å²) in [5, 5.41) is 3.34. The Balaban J connectivity index is 2.15. The van der Waals surface area contributed by atoms with Crippen molar-refractivity contribution in [3.8, 4) is 0 Å². The Morgan fingerprint density at radius 1 is 1.33 bits per heavy atom. The Hall–Kier alpha value is -0.480. The van der Waals surface area contributed by atoms with Crippen LogP contribution in [0.1, 0.15) is 38.2 Å². The van der Waals surface area contributed by atoms with E-state index in [1.807, 2.05) is 0 Å². The van der Waals surface area contributed by atoms with Crippen LogP contribution >= 0.6 is 15.9 Å². The second kappa shape index (κ2) is 5.66. The van der Waals surface area contributed by atoms with Gasteiger partial charge in [0.25, 0.3) is 0 Å². The van der Waals surface area contributed by atoms with Gasteiger partial charge in [-0.05, 0) is 59.3 Å². The first-order chi connectivity index (χ1) is 8.50. The monoisotopic (exact) mass is 317 g/mol. The molecule has 1 N–H and O–H groups in total. The van der Waals surface area contributed by atoms with Gasteiger partial charge >= 0.3 is 0 Å². The van der Waals surface area contributed by atoms with Gasteiger partial charge in [-0.15, -0.1) is 0 Å². The van der Waals surface area contributed by atoms with Gasteiger partial charge in [0.1, 0.15) is 11.6 Å². The molecule has 0 aromatic heterocycles. The Morgan fingerprint density at radius 2 is 2.06 bits per heavy atom. The second-order valence-corrected chi connectivity index (χ2v) is 6.12. The average Bonchev–Trinajstić information content (AvgIpc) is 2.27. The zero-order valence-corrected chi connectivity index (χ0v) is 12.2. The molecule has 0 aliphatic heterocycles. The van der Waals surface area contributed by atoms with Gasteiger partial charge in [-0.3, -0.25) is 0 Å². The lowest BCUT2D eigenvalue weighted by atomic mass is 9.69. The Kier molecular flexibility index (Phi) is 4.38. The molecule has 1 aliphatic carbocycles. The van der Waals surface area contributed by atoms with Crippen LogP contribution in [-0.2, 0) is 0 Å². The molecule has 1 aliphatic rings. The summed E-state index contributed by atoms with van der Waals surface area (Å²) >= 11 is 3.13. The summed E-state index contributed by atoms with van der Waals surface area (Å²) in [6.45, 7) is 4.98. The fourth-order valence-corrected chi connectivity index (χ4v) is 2.81. The zero-order chi connectivity index (χ0) is 13.3. The molecule has 1 aromatic carbocycles. The fraction of sp³-hybridized carbons (Fsp3) is 0.571. The second-order valence-electron chi connectivity index (χ2n) is 5.26. The van der Waals surface area contributed by atoms with E-state index in [9.17, 15) is 8.78 Å². The molecule has 1 aromatic rings. The maximum absolute atomic E-state index is 14.0. The highest BCUT2D eigenvalue weighted by molar-refractivity contribution is 9.10. The van der Waals surface area contributed by atoms with E-state index in [1.54, 1.807) is 0 Å². The van der Waals surface area contributed by atoms with Crippen LogP contribution in [0.15, 0.2) is 16.6 Å². The average molecular weight is 318 g/mol. The lowest BCUT2D eigenvalue weighted by Crippen LogP contribution is -2.37. The quantitative estimate of drug-likeness (QED) is 0.820. The van der Waals surface area contributed by atoms with Gasteiger partial charge in [-0.2, -0.15) is 0 Å². The lowest BCUT2D eigenvalue weighted by molar-refractivity contribution is 0.230. The van der Waals surface area contributed by atoms with Crippen molar-refractivity contribution in [1.82, 2.24) is 5.32 Å². The fourth-order valence-electron chi connectivity index (χ4n) is 2.46. The van der Waals surface area contributed by atoms with Crippen molar-refractivity contribution in [2.75, 3.05) is 6.54 Å². The van der Waals surface area contributed by atoms with Crippen molar-refractivity contribution in [3.63, 3.8) is 0 Å². The van der Waals surface area contributed by atoms with Crippen LogP contribution in [0.25, 0.3) is 0 Å². The molecule has 1 saturated carbocycles. The van der Waals surface area contributed by atoms with Crippen molar-refractivity contribution in [2.45, 2.75) is 38.6 Å². The maximum atomic E-state index is 14.0. The van der Waals surface area contributed by atoms with E-state index in [1.165, 1.54) is 12.1 Å². The predicted octanol–water partition coefficient (Wildman–Crippen LogP) is 4.22. The van der Waals surface area contributed by atoms with Gasteiger partial charge in [0, 0.05) is 11.6 Å². The van der Waals surface area contributed by atoms with Gasteiger partial charge in [-0.25, -0.2) is 8.78 Å². The number of benzene rings is 1. The van der Waals surface area contributed by atoms with Gasteiger partial charge in [0.15, 0.2) is 0 Å². The summed E-state index contributed by atoms with van der Waals surface area (Å²) in [5.74, 6) is -0.511. The summed E-state index contributed by atoms with van der Waals surface area (Å²) in [4.78, 5) is 0. The van der Waals surface area contributed by atoms with Crippen LogP contribution in [0.4, 0.5) is 8.78 Å². The highest BCUT2D eigenvalue weighted by Gasteiger charge is 2.36. The van der Waals surface area contributed by atoms with Crippen molar-refractivity contribution in [2.24, 2.45) is 5.92 Å². The zero-order valence-electron chi connectivity index (χ0n) is 10.6. The predicted molar refractivity (Wildman–Crippen MR) is 72.7 cm³/mol. The molecule has 0 saturated heterocycles. The molecule has 2 rings (SSSR count). The minimum absolute atomic E-state index is 0.00810. The van der Waals surface area contributed by atoms with Gasteiger partial charge in [0.05, 0.1) is 4.47 Å². The van der Waals surface area contributed by atoms with E-state index >= 15 is 0 Å². The molecular formula is C14H18BrF2N. The standard InChI is InChI=1S/C14H18BrF2N/c1-8(2)18-7-9-3-4-10(9)13-12(16)6-5-11(15)14(13)17/h5-6,8-10,18H,3-4,7H2,1-2H3. The van der Waals surface area contributed by atoms with Crippen LogP contribution in [0, 0.1) is 17.6 Å². The molecule has 4 heteroatoms. The van der Waals surface area contributed by atoms with E-state index in [0.29, 0.717) is 16.4 Å². The summed E-state index contributed by atoms with van der Waals surface area (Å²) in [6, 6.07) is 3.17. The van der Waals surface area contributed by atoms with Crippen LogP contribution in [0.5, 0.6) is 0 Å². The van der Waals surface area contributed by atoms with Crippen molar-refractivity contribution in [1.29, 1.82) is 0 Å². The number of hydrogen-bond donors (Lipinski definition) is 1. The summed E-state index contributed by atoms with van der Waals surface area (Å²) in [5.41, 5.74) is 0.256. The van der Waals surface area contributed by atoms with E-state index in [-0.39, 0.29) is 11.5 Å². The van der Waals surface area contributed by atoms with E-state index in [2.05, 4.69) is 35.1 Å². The van der Waals surface area contributed by atoms with Crippen molar-refractivity contribution < 1.29 is 8.78 Å². The number of nitrogens with one attached hydrogen (secondary N) is 1. The molecule has 0 radical (unpaired) electrons. The lowest BCUT2D eigenvalue weighted by Gasteiger charge is -2.38. The normalized spacial score (nSPS) is 23.2. The van der Waals surface area contributed by atoms with Crippen molar-refractivity contribution >= 4 is 15.9 Å². The van der Waals surface area contributed by atoms with Gasteiger partial charge in [-0.1, -0.05) is 13.8 Å². The molecule has 2 unspecified atom stereocenters. The summed E-state index contributed by atoms with van der Waals surface area (Å²) in [7, 11) is 0. The summed E-state index contributed by atoms with van der Waals surface area (Å²) < 4.78 is 28.1. The molecule has 1 nitrogen and oxygen atoms in total. The van der Waals surface area contributed by atoms with Crippen LogP contribution in [-0.4, -0.2) is 12.6 Å². The first kappa shape index (κ1) is 13.9. The van der Waals surface area contributed by atoms with E-state index < -0.39 is 11.6 Å². The Labute approximate surface area is 115 Å². The maximum Gasteiger partial charge on any atom is 0.143 e. The largest absolute Gasteiger partial charge is 0.314 e. The SMILES string of the molecule is CC(C)NCC1CCC1c1c(F)ccc(Br)c1F. The van der Waals surface area contributed by atoms with Crippen LogP contribution in [0.3, 0.4) is 0 Å². The van der Waals surface area contributed by atoms with Crippen LogP contribution in [0.2, 0.25) is 0 Å². The highest BCUT2D eigenvalue weighted by Crippen LogP contribution is 2.45. The molecule has 0 bridgehead atoms. The first-order valence-electron chi connectivity index (χ1n) is 6.37. The third-order valence-corrected chi connectivity index (χ3v) is 4.27. The Bertz CT molecular complexity index is 434. The molecule has 1 fully saturated rings. The molecule has 0 amide bonds. The first-order valence-corrected chi connectivity index (χ1v) is 7.16. The molecule has 0 heterocycles. The number of rotatable bonds is 4. The van der Waals surface area contributed by atoms with E-state index in [0.717, 1.165) is 19.4 Å². The van der Waals surface area contributed by atoms with E-state index in [4.69, 9.17) is 0 Å². The topological polar surface area (TPSA) is 12.0 Å². The third kappa shape index (κ3) is 2.75. The molecular weight excluding hydrogens is 300 g/mol. The molecule has 2 atom stereocenters. The number of hydrogen-bond acceptors (Lipinski definition) is 1. The summed E-state index contributed by atoms with van der Waals surface area (Å²) in [6.07, 6.45) is 1.91. The molecule has 18 heavy (non-hydrogen) atoms. The minimum Gasteiger partial charge on any atom is -0.314 e. The molecule has 0 spiro atoms. The number of halogens is 3. The van der Waals surface area contributed by atoms with Crippen molar-refractivity contribution in [3.05, 3.63) is 33.8 Å². The third-order valence-electron chi connectivity index (χ3n) is 3.66. The highest BCUT2D eigenvalue weighted by atomic mass is 79.9. The van der Waals surface area contributed by atoms with Gasteiger partial charge < -0.3 is 5.32 Å². The Morgan fingerprint density at radius 3 is 2.61 bits per heavy atom. The van der Waals surface area contributed by atoms with Crippen LogP contribution < -0.4 is 5.32 Å². The smallest absolute Gasteiger partial charge is 0.143 e. The molecule has 100 valence electrons. The minimum atomic E-state index is -0.436.